The normalized spacial score (nSPS) is 13.8. The second-order valence-corrected chi connectivity index (χ2v) is 10.8. The molecule has 1 saturated heterocycles. The zero-order chi connectivity index (χ0) is 30.9. The lowest BCUT2D eigenvalue weighted by Gasteiger charge is -2.15. The Bertz CT molecular complexity index is 1540. The zero-order valence-corrected chi connectivity index (χ0v) is 25.2. The summed E-state index contributed by atoms with van der Waals surface area (Å²) in [6.07, 6.45) is 1.55. The van der Waals surface area contributed by atoms with Gasteiger partial charge in [0.05, 0.1) is 18.6 Å². The molecule has 0 bridgehead atoms. The average Bonchev–Trinajstić information content (AvgIpc) is 3.24. The number of para-hydroxylation sites is 1. The third-order valence-corrected chi connectivity index (χ3v) is 7.24. The monoisotopic (exact) mass is 603 g/mol. The predicted molar refractivity (Wildman–Crippen MR) is 167 cm³/mol. The van der Waals surface area contributed by atoms with Gasteiger partial charge in [-0.3, -0.25) is 24.1 Å². The Hall–Kier alpha value is -4.77. The van der Waals surface area contributed by atoms with Crippen molar-refractivity contribution in [1.29, 1.82) is 0 Å². The number of carbonyl (C=O) groups is 4. The van der Waals surface area contributed by atoms with E-state index in [4.69, 9.17) is 14.2 Å². The number of benzene rings is 3. The molecule has 0 atom stereocenters. The molecule has 0 unspecified atom stereocenters. The van der Waals surface area contributed by atoms with E-state index in [0.29, 0.717) is 35.1 Å². The fraction of sp³-hybridized carbons (Fsp3) is 0.250. The number of thioether (sulfide) groups is 1. The molecule has 2 N–H and O–H groups in total. The number of anilines is 2. The van der Waals surface area contributed by atoms with Crippen molar-refractivity contribution in [1.82, 2.24) is 4.90 Å². The summed E-state index contributed by atoms with van der Waals surface area (Å²) in [6, 6.07) is 19.3. The lowest BCUT2D eigenvalue weighted by Crippen LogP contribution is -2.36. The number of rotatable bonds is 12. The number of carbonyl (C=O) groups excluding carboxylic acids is 4. The lowest BCUT2D eigenvalue weighted by atomic mass is 10.0. The second-order valence-electron chi connectivity index (χ2n) is 9.76. The van der Waals surface area contributed by atoms with Gasteiger partial charge in [0, 0.05) is 11.4 Å². The lowest BCUT2D eigenvalue weighted by molar-refractivity contribution is -0.127. The minimum absolute atomic E-state index is 0.168. The van der Waals surface area contributed by atoms with Crippen LogP contribution in [0, 0.1) is 0 Å². The first kappa shape index (κ1) is 31.2. The highest BCUT2D eigenvalue weighted by atomic mass is 32.2. The molecule has 1 heterocycles. The van der Waals surface area contributed by atoms with E-state index in [9.17, 15) is 19.2 Å². The van der Waals surface area contributed by atoms with Gasteiger partial charge in [-0.05, 0) is 84.3 Å². The number of nitrogens with zero attached hydrogens (tertiary/aromatic N) is 1. The van der Waals surface area contributed by atoms with Crippen molar-refractivity contribution in [3.8, 4) is 17.2 Å². The largest absolute Gasteiger partial charge is 0.497 e. The van der Waals surface area contributed by atoms with E-state index < -0.39 is 23.6 Å². The fourth-order valence-electron chi connectivity index (χ4n) is 4.25. The molecule has 4 rings (SSSR count). The van der Waals surface area contributed by atoms with E-state index in [1.807, 2.05) is 31.2 Å². The van der Waals surface area contributed by atoms with E-state index in [0.717, 1.165) is 27.9 Å². The minimum atomic E-state index is -0.573. The molecule has 0 saturated carbocycles. The number of methoxy groups -OCH3 is 1. The Morgan fingerprint density at radius 2 is 1.67 bits per heavy atom. The summed E-state index contributed by atoms with van der Waals surface area (Å²) in [5, 5.41) is 5.01. The van der Waals surface area contributed by atoms with Crippen molar-refractivity contribution < 1.29 is 33.4 Å². The van der Waals surface area contributed by atoms with E-state index in [1.165, 1.54) is 7.11 Å². The van der Waals surface area contributed by atoms with Crippen LogP contribution in [0.5, 0.6) is 17.2 Å². The summed E-state index contributed by atoms with van der Waals surface area (Å²) < 4.78 is 16.6. The standard InChI is InChI=1S/C32H33N3O7S/c1-5-41-27-16-21(10-15-26(27)42-19-30(37)34-25-9-7-6-8-24(25)20(2)3)17-28-31(38)35(32(39)43-28)18-29(36)33-22-11-13-23(40-4)14-12-22/h6-17,20H,5,18-19H2,1-4H3,(H,33,36)(H,34,37)/b28-17+. The summed E-state index contributed by atoms with van der Waals surface area (Å²) in [4.78, 5) is 51.8. The van der Waals surface area contributed by atoms with Crippen LogP contribution in [0.1, 0.15) is 37.8 Å². The average molecular weight is 604 g/mol. The van der Waals surface area contributed by atoms with Gasteiger partial charge in [0.15, 0.2) is 18.1 Å². The molecule has 0 spiro atoms. The molecule has 10 nitrogen and oxygen atoms in total. The predicted octanol–water partition coefficient (Wildman–Crippen LogP) is 5.91. The van der Waals surface area contributed by atoms with Crippen LogP contribution in [0.15, 0.2) is 71.6 Å². The quantitative estimate of drug-likeness (QED) is 0.245. The van der Waals surface area contributed by atoms with Gasteiger partial charge in [-0.15, -0.1) is 0 Å². The van der Waals surface area contributed by atoms with E-state index in [2.05, 4.69) is 24.5 Å². The molecule has 3 aromatic carbocycles. The third-order valence-electron chi connectivity index (χ3n) is 6.33. The number of imide groups is 1. The smallest absolute Gasteiger partial charge is 0.294 e. The fourth-order valence-corrected chi connectivity index (χ4v) is 5.09. The van der Waals surface area contributed by atoms with Crippen LogP contribution in [0.3, 0.4) is 0 Å². The van der Waals surface area contributed by atoms with Gasteiger partial charge in [-0.25, -0.2) is 0 Å². The van der Waals surface area contributed by atoms with E-state index in [1.54, 1.807) is 48.5 Å². The number of ether oxygens (including phenoxy) is 3. The SMILES string of the molecule is CCOc1cc(/C=C2/SC(=O)N(CC(=O)Nc3ccc(OC)cc3)C2=O)ccc1OCC(=O)Nc1ccccc1C(C)C. The highest BCUT2D eigenvalue weighted by Gasteiger charge is 2.36. The van der Waals surface area contributed by atoms with Crippen LogP contribution in [-0.2, 0) is 14.4 Å². The molecule has 224 valence electrons. The molecule has 0 aromatic heterocycles. The van der Waals surface area contributed by atoms with Crippen LogP contribution in [0.2, 0.25) is 0 Å². The zero-order valence-electron chi connectivity index (χ0n) is 24.3. The molecule has 1 aliphatic rings. The molecule has 0 aliphatic carbocycles. The van der Waals surface area contributed by atoms with Crippen molar-refractivity contribution in [3.63, 3.8) is 0 Å². The van der Waals surface area contributed by atoms with E-state index in [-0.39, 0.29) is 23.3 Å². The molecule has 11 heteroatoms. The summed E-state index contributed by atoms with van der Waals surface area (Å²) in [7, 11) is 1.54. The van der Waals surface area contributed by atoms with Crippen LogP contribution < -0.4 is 24.8 Å². The third kappa shape index (κ3) is 8.16. The van der Waals surface area contributed by atoms with Gasteiger partial charge in [0.25, 0.3) is 17.1 Å². The Morgan fingerprint density at radius 1 is 0.930 bits per heavy atom. The highest BCUT2D eigenvalue weighted by molar-refractivity contribution is 8.18. The number of hydrogen-bond donors (Lipinski definition) is 2. The Kier molecular flexibility index (Phi) is 10.4. The Balaban J connectivity index is 1.40. The molecule has 4 amide bonds. The molecule has 0 radical (unpaired) electrons. The highest BCUT2D eigenvalue weighted by Crippen LogP contribution is 2.35. The minimum Gasteiger partial charge on any atom is -0.497 e. The maximum Gasteiger partial charge on any atom is 0.294 e. The molecular formula is C32H33N3O7S. The van der Waals surface area contributed by atoms with Crippen LogP contribution >= 0.6 is 11.8 Å². The van der Waals surface area contributed by atoms with E-state index >= 15 is 0 Å². The number of amides is 4. The number of nitrogens with one attached hydrogen (secondary N) is 2. The molecule has 43 heavy (non-hydrogen) atoms. The van der Waals surface area contributed by atoms with Gasteiger partial charge in [0.1, 0.15) is 12.3 Å². The first-order chi connectivity index (χ1) is 20.7. The van der Waals surface area contributed by atoms with Crippen LogP contribution in [-0.4, -0.2) is 54.7 Å². The van der Waals surface area contributed by atoms with Crippen molar-refractivity contribution in [2.24, 2.45) is 0 Å². The number of hydrogen-bond acceptors (Lipinski definition) is 8. The van der Waals surface area contributed by atoms with Crippen LogP contribution in [0.4, 0.5) is 16.2 Å². The van der Waals surface area contributed by atoms with Crippen molar-refractivity contribution in [2.45, 2.75) is 26.7 Å². The molecule has 1 aliphatic heterocycles. The van der Waals surface area contributed by atoms with Gasteiger partial charge in [0.2, 0.25) is 5.91 Å². The first-order valence-electron chi connectivity index (χ1n) is 13.7. The maximum absolute atomic E-state index is 13.0. The first-order valence-corrected chi connectivity index (χ1v) is 14.5. The molecular weight excluding hydrogens is 570 g/mol. The van der Waals surface area contributed by atoms with Crippen molar-refractivity contribution in [2.75, 3.05) is 37.5 Å². The summed E-state index contributed by atoms with van der Waals surface area (Å²) in [6.45, 7) is 5.61. The Morgan fingerprint density at radius 3 is 2.37 bits per heavy atom. The summed E-state index contributed by atoms with van der Waals surface area (Å²) in [5.41, 5.74) is 2.85. The van der Waals surface area contributed by atoms with Crippen molar-refractivity contribution >= 4 is 52.2 Å². The maximum atomic E-state index is 13.0. The topological polar surface area (TPSA) is 123 Å². The second kappa shape index (κ2) is 14.4. The molecule has 1 fully saturated rings. The summed E-state index contributed by atoms with van der Waals surface area (Å²) >= 11 is 0.748. The van der Waals surface area contributed by atoms with Gasteiger partial charge in [-0.2, -0.15) is 0 Å². The molecule has 3 aromatic rings. The summed E-state index contributed by atoms with van der Waals surface area (Å²) in [5.74, 6) is 0.216. The Labute approximate surface area is 254 Å². The van der Waals surface area contributed by atoms with Gasteiger partial charge < -0.3 is 24.8 Å². The van der Waals surface area contributed by atoms with Crippen LogP contribution in [0.25, 0.3) is 6.08 Å². The van der Waals surface area contributed by atoms with Crippen molar-refractivity contribution in [3.05, 3.63) is 82.8 Å². The van der Waals surface area contributed by atoms with Gasteiger partial charge >= 0.3 is 0 Å². The van der Waals surface area contributed by atoms with Gasteiger partial charge in [-0.1, -0.05) is 38.1 Å².